The van der Waals surface area contributed by atoms with Gasteiger partial charge in [-0.15, -0.1) is 12.4 Å². The van der Waals surface area contributed by atoms with Gasteiger partial charge in [0.1, 0.15) is 6.54 Å². The van der Waals surface area contributed by atoms with E-state index in [2.05, 4.69) is 0 Å². The van der Waals surface area contributed by atoms with Crippen LogP contribution in [0.5, 0.6) is 0 Å². The van der Waals surface area contributed by atoms with Crippen LogP contribution in [0.3, 0.4) is 0 Å². The third-order valence-electron chi connectivity index (χ3n) is 1.08. The SMILES string of the molecule is CCCC(=O)N(O)CC(F)(F)F.Cl. The van der Waals surface area contributed by atoms with E-state index >= 15 is 0 Å². The van der Waals surface area contributed by atoms with Crippen LogP contribution in [0.4, 0.5) is 13.2 Å². The maximum atomic E-state index is 11.6. The molecule has 0 bridgehead atoms. The van der Waals surface area contributed by atoms with Crippen molar-refractivity contribution in [2.24, 2.45) is 0 Å². The second-order valence-electron chi connectivity index (χ2n) is 2.32. The van der Waals surface area contributed by atoms with Gasteiger partial charge in [0.15, 0.2) is 0 Å². The minimum Gasteiger partial charge on any atom is -0.286 e. The van der Waals surface area contributed by atoms with Gasteiger partial charge in [0.25, 0.3) is 0 Å². The molecule has 0 spiro atoms. The molecule has 80 valence electrons. The Kier molecular flexibility index (Phi) is 6.97. The zero-order valence-corrected chi connectivity index (χ0v) is 7.78. The maximum Gasteiger partial charge on any atom is 0.408 e. The molecule has 0 aliphatic rings. The molecule has 13 heavy (non-hydrogen) atoms. The smallest absolute Gasteiger partial charge is 0.286 e. The summed E-state index contributed by atoms with van der Waals surface area (Å²) >= 11 is 0. The van der Waals surface area contributed by atoms with Gasteiger partial charge < -0.3 is 0 Å². The van der Waals surface area contributed by atoms with Crippen molar-refractivity contribution >= 4 is 18.3 Å². The van der Waals surface area contributed by atoms with Crippen molar-refractivity contribution in [2.45, 2.75) is 25.9 Å². The van der Waals surface area contributed by atoms with Crippen molar-refractivity contribution in [1.82, 2.24) is 5.06 Å². The molecule has 1 amide bonds. The molecule has 0 unspecified atom stereocenters. The van der Waals surface area contributed by atoms with E-state index in [1.807, 2.05) is 0 Å². The van der Waals surface area contributed by atoms with Crippen molar-refractivity contribution in [2.75, 3.05) is 6.54 Å². The summed E-state index contributed by atoms with van der Waals surface area (Å²) < 4.78 is 34.7. The van der Waals surface area contributed by atoms with Crippen molar-refractivity contribution < 1.29 is 23.2 Å². The summed E-state index contributed by atoms with van der Waals surface area (Å²) in [6.07, 6.45) is -4.21. The van der Waals surface area contributed by atoms with Crippen LogP contribution in [-0.2, 0) is 4.79 Å². The summed E-state index contributed by atoms with van der Waals surface area (Å²) in [7, 11) is 0. The molecule has 7 heteroatoms. The summed E-state index contributed by atoms with van der Waals surface area (Å²) in [5.74, 6) is -0.908. The molecule has 0 aromatic carbocycles. The van der Waals surface area contributed by atoms with Crippen LogP contribution in [0.25, 0.3) is 0 Å². The standard InChI is InChI=1S/C6H10F3NO2.ClH/c1-2-3-5(11)10(12)4-6(7,8)9;/h12H,2-4H2,1H3;1H. The Hall–Kier alpha value is -0.490. The van der Waals surface area contributed by atoms with Gasteiger partial charge in [0.2, 0.25) is 5.91 Å². The first kappa shape index (κ1) is 15.0. The number of rotatable bonds is 3. The molecule has 0 aliphatic heterocycles. The summed E-state index contributed by atoms with van der Waals surface area (Å²) in [5, 5.41) is 8.25. The minimum atomic E-state index is -4.54. The lowest BCUT2D eigenvalue weighted by atomic mass is 10.3. The van der Waals surface area contributed by atoms with Crippen molar-refractivity contribution in [3.63, 3.8) is 0 Å². The fraction of sp³-hybridized carbons (Fsp3) is 0.833. The Morgan fingerprint density at radius 1 is 1.46 bits per heavy atom. The molecular weight excluding hydrogens is 211 g/mol. The Labute approximate surface area is 79.9 Å². The predicted molar refractivity (Wildman–Crippen MR) is 41.7 cm³/mol. The van der Waals surface area contributed by atoms with Gasteiger partial charge in [-0.2, -0.15) is 13.2 Å². The number of hydroxylamine groups is 2. The van der Waals surface area contributed by atoms with Crippen molar-refractivity contribution in [3.05, 3.63) is 0 Å². The molecule has 0 fully saturated rings. The number of carbonyl (C=O) groups is 1. The number of hydrogen-bond donors (Lipinski definition) is 1. The molecule has 0 aromatic heterocycles. The van der Waals surface area contributed by atoms with Crippen molar-refractivity contribution in [1.29, 1.82) is 0 Å². The Morgan fingerprint density at radius 2 is 1.92 bits per heavy atom. The van der Waals surface area contributed by atoms with Crippen LogP contribution in [0.2, 0.25) is 0 Å². The van der Waals surface area contributed by atoms with Gasteiger partial charge in [-0.1, -0.05) is 6.92 Å². The molecule has 0 heterocycles. The molecule has 0 radical (unpaired) electrons. The van der Waals surface area contributed by atoms with Crippen LogP contribution in [0.1, 0.15) is 19.8 Å². The highest BCUT2D eigenvalue weighted by Crippen LogP contribution is 2.15. The van der Waals surface area contributed by atoms with Crippen LogP contribution in [0, 0.1) is 0 Å². The van der Waals surface area contributed by atoms with E-state index in [0.717, 1.165) is 0 Å². The summed E-state index contributed by atoms with van der Waals surface area (Å²) in [5.41, 5.74) is 0. The highest BCUT2D eigenvalue weighted by atomic mass is 35.5. The van der Waals surface area contributed by atoms with Gasteiger partial charge in [0.05, 0.1) is 0 Å². The third-order valence-corrected chi connectivity index (χ3v) is 1.08. The van der Waals surface area contributed by atoms with E-state index in [-0.39, 0.29) is 23.9 Å². The van der Waals surface area contributed by atoms with Gasteiger partial charge in [-0.3, -0.25) is 10.0 Å². The van der Waals surface area contributed by atoms with E-state index < -0.39 is 18.6 Å². The fourth-order valence-electron chi connectivity index (χ4n) is 0.601. The lowest BCUT2D eigenvalue weighted by molar-refractivity contribution is -0.212. The van der Waals surface area contributed by atoms with E-state index in [4.69, 9.17) is 5.21 Å². The largest absolute Gasteiger partial charge is 0.408 e. The second kappa shape index (κ2) is 6.04. The first-order valence-corrected chi connectivity index (χ1v) is 3.43. The zero-order chi connectivity index (χ0) is 9.78. The zero-order valence-electron chi connectivity index (χ0n) is 6.97. The summed E-state index contributed by atoms with van der Waals surface area (Å²) in [6, 6.07) is 0. The van der Waals surface area contributed by atoms with Gasteiger partial charge in [0, 0.05) is 6.42 Å². The average molecular weight is 222 g/mol. The molecule has 0 atom stereocenters. The van der Waals surface area contributed by atoms with Crippen LogP contribution in [0.15, 0.2) is 0 Å². The first-order valence-electron chi connectivity index (χ1n) is 3.43. The Morgan fingerprint density at radius 3 is 2.23 bits per heavy atom. The van der Waals surface area contributed by atoms with Crippen LogP contribution in [-0.4, -0.2) is 28.9 Å². The van der Waals surface area contributed by atoms with E-state index in [1.54, 1.807) is 6.92 Å². The highest BCUT2D eigenvalue weighted by molar-refractivity contribution is 5.85. The number of nitrogens with zero attached hydrogens (tertiary/aromatic N) is 1. The molecule has 0 rings (SSSR count). The summed E-state index contributed by atoms with van der Waals surface area (Å²) in [6.45, 7) is 0.0329. The molecule has 1 N–H and O–H groups in total. The van der Waals surface area contributed by atoms with Crippen LogP contribution >= 0.6 is 12.4 Å². The van der Waals surface area contributed by atoms with E-state index in [0.29, 0.717) is 6.42 Å². The molecule has 3 nitrogen and oxygen atoms in total. The second-order valence-corrected chi connectivity index (χ2v) is 2.32. The van der Waals surface area contributed by atoms with Gasteiger partial charge in [-0.05, 0) is 6.42 Å². The molecule has 0 aromatic rings. The minimum absolute atomic E-state index is 0. The number of hydrogen-bond acceptors (Lipinski definition) is 2. The lowest BCUT2D eigenvalue weighted by Gasteiger charge is -2.15. The molecule has 0 saturated carbocycles. The monoisotopic (exact) mass is 221 g/mol. The Bertz CT molecular complexity index is 162. The predicted octanol–water partition coefficient (Wildman–Crippen LogP) is 1.99. The normalized spacial score (nSPS) is 10.5. The summed E-state index contributed by atoms with van der Waals surface area (Å²) in [4.78, 5) is 10.6. The fourth-order valence-corrected chi connectivity index (χ4v) is 0.601. The maximum absolute atomic E-state index is 11.6. The number of alkyl halides is 3. The molecular formula is C6H11ClF3NO2. The highest BCUT2D eigenvalue weighted by Gasteiger charge is 2.32. The quantitative estimate of drug-likeness (QED) is 0.585. The topological polar surface area (TPSA) is 40.5 Å². The van der Waals surface area contributed by atoms with E-state index in [1.165, 1.54) is 0 Å². The van der Waals surface area contributed by atoms with Gasteiger partial charge >= 0.3 is 6.18 Å². The van der Waals surface area contributed by atoms with Crippen molar-refractivity contribution in [3.8, 4) is 0 Å². The van der Waals surface area contributed by atoms with E-state index in [9.17, 15) is 18.0 Å². The van der Waals surface area contributed by atoms with Gasteiger partial charge in [-0.25, -0.2) is 5.06 Å². The number of amides is 1. The van der Waals surface area contributed by atoms with Crippen LogP contribution < -0.4 is 0 Å². The number of halogens is 4. The molecule has 0 aliphatic carbocycles. The molecule has 0 saturated heterocycles. The third kappa shape index (κ3) is 7.86. The Balaban J connectivity index is 0. The first-order chi connectivity index (χ1) is 5.37. The average Bonchev–Trinajstić information content (AvgIpc) is 1.84. The number of carbonyl (C=O) groups excluding carboxylic acids is 1. The lowest BCUT2D eigenvalue weighted by Crippen LogP contribution is -2.36.